The van der Waals surface area contributed by atoms with E-state index in [2.05, 4.69) is 16.3 Å². The first kappa shape index (κ1) is 25.6. The van der Waals surface area contributed by atoms with E-state index in [4.69, 9.17) is 9.51 Å². The van der Waals surface area contributed by atoms with Gasteiger partial charge in [0.1, 0.15) is 5.82 Å². The molecule has 0 bridgehead atoms. The molecule has 2 atom stereocenters. The molecule has 0 saturated carbocycles. The van der Waals surface area contributed by atoms with Crippen LogP contribution in [0.5, 0.6) is 0 Å². The summed E-state index contributed by atoms with van der Waals surface area (Å²) in [5, 5.41) is 11.1. The molecule has 1 aromatic heterocycles. The Labute approximate surface area is 198 Å². The number of aromatic nitrogens is 1. The fourth-order valence-corrected chi connectivity index (χ4v) is 5.00. The predicted molar refractivity (Wildman–Crippen MR) is 130 cm³/mol. The minimum Gasteiger partial charge on any atom is -0.469 e. The number of hydrogen-bond acceptors (Lipinski definition) is 6. The van der Waals surface area contributed by atoms with E-state index >= 15 is 0 Å². The monoisotopic (exact) mass is 483 g/mol. The Kier molecular flexibility index (Phi) is 8.22. The highest BCUT2D eigenvalue weighted by Crippen LogP contribution is 2.46. The van der Waals surface area contributed by atoms with Crippen LogP contribution in [0.25, 0.3) is 22.2 Å². The van der Waals surface area contributed by atoms with Crippen molar-refractivity contribution in [3.05, 3.63) is 65.5 Å². The lowest BCUT2D eigenvalue weighted by atomic mass is 9.90. The number of methoxy groups -OCH3 is 1. The summed E-state index contributed by atoms with van der Waals surface area (Å²) < 4.78 is 36.6. The Balaban J connectivity index is 2.19. The summed E-state index contributed by atoms with van der Waals surface area (Å²) in [5.74, 6) is 2.06. The van der Waals surface area contributed by atoms with Gasteiger partial charge in [-0.3, -0.25) is 9.36 Å². The Morgan fingerprint density at radius 3 is 2.44 bits per heavy atom. The van der Waals surface area contributed by atoms with Gasteiger partial charge in [0.15, 0.2) is 0 Å². The van der Waals surface area contributed by atoms with Crippen LogP contribution in [0.4, 0.5) is 4.39 Å². The molecule has 3 rings (SSSR count). The van der Waals surface area contributed by atoms with E-state index in [-0.39, 0.29) is 24.3 Å². The second-order valence-electron chi connectivity index (χ2n) is 8.14. The van der Waals surface area contributed by atoms with Crippen molar-refractivity contribution in [1.82, 2.24) is 4.98 Å². The van der Waals surface area contributed by atoms with Gasteiger partial charge < -0.3 is 14.4 Å². The minimum atomic E-state index is -3.62. The topological polar surface area (TPSA) is 85.7 Å². The van der Waals surface area contributed by atoms with E-state index in [9.17, 15) is 18.9 Å². The highest BCUT2D eigenvalue weighted by molar-refractivity contribution is 7.64. The number of hydrogen-bond donors (Lipinski definition) is 1. The molecule has 1 heterocycles. The van der Waals surface area contributed by atoms with Crippen LogP contribution in [0.3, 0.4) is 0 Å². The molecule has 2 aromatic carbocycles. The van der Waals surface area contributed by atoms with Crippen molar-refractivity contribution < 1.29 is 28.1 Å². The van der Waals surface area contributed by atoms with Crippen LogP contribution < -0.4 is 0 Å². The molecule has 0 saturated heterocycles. The fourth-order valence-electron chi connectivity index (χ4n) is 3.70. The number of carbonyl (C=O) groups excluding carboxylic acids is 1. The Morgan fingerprint density at radius 1 is 1.15 bits per heavy atom. The van der Waals surface area contributed by atoms with Crippen molar-refractivity contribution in [2.75, 3.05) is 20.4 Å². The molecule has 34 heavy (non-hydrogen) atoms. The number of rotatable bonds is 7. The van der Waals surface area contributed by atoms with Crippen molar-refractivity contribution in [2.45, 2.75) is 32.3 Å². The zero-order valence-corrected chi connectivity index (χ0v) is 20.4. The standard InChI is InChI=1S/C26H27FNO5P/c1-17(2)25-21-7-5-6-8-23(21)28-26(18-9-11-19(27)12-10-18)22(25)13-14-34(31,33-4)16-20(29)15-24(30)32-3/h5-12,17,20,29H,15-16H2,1-4H3/t20-,34?/m0/s1. The van der Waals surface area contributed by atoms with Crippen LogP contribution in [0.1, 0.15) is 37.3 Å². The Bertz CT molecular complexity index is 1290. The van der Waals surface area contributed by atoms with Gasteiger partial charge >= 0.3 is 5.97 Å². The number of aliphatic hydroxyl groups is 1. The molecule has 178 valence electrons. The summed E-state index contributed by atoms with van der Waals surface area (Å²) in [6.45, 7) is 4.05. The largest absolute Gasteiger partial charge is 0.469 e. The molecule has 0 aliphatic carbocycles. The number of carbonyl (C=O) groups is 1. The number of para-hydroxylation sites is 1. The van der Waals surface area contributed by atoms with Gasteiger partial charge in [-0.1, -0.05) is 38.0 Å². The molecule has 0 radical (unpaired) electrons. The normalized spacial score (nSPS) is 13.7. The maximum Gasteiger partial charge on any atom is 0.308 e. The number of esters is 1. The summed E-state index contributed by atoms with van der Waals surface area (Å²) in [6, 6.07) is 13.6. The molecule has 0 spiro atoms. The van der Waals surface area contributed by atoms with E-state index in [0.717, 1.165) is 16.5 Å². The van der Waals surface area contributed by atoms with Gasteiger partial charge in [-0.2, -0.15) is 0 Å². The number of benzene rings is 2. The number of fused-ring (bicyclic) bond motifs is 1. The molecular weight excluding hydrogens is 456 g/mol. The van der Waals surface area contributed by atoms with E-state index in [1.165, 1.54) is 26.4 Å². The molecule has 8 heteroatoms. The highest BCUT2D eigenvalue weighted by Gasteiger charge is 2.26. The SMILES string of the molecule is COC(=O)C[C@H](O)CP(=O)(C#Cc1c(-c2ccc(F)cc2)nc2ccccc2c1C(C)C)OC. The van der Waals surface area contributed by atoms with Crippen molar-refractivity contribution >= 4 is 24.2 Å². The Hall–Kier alpha value is -3.04. The first-order chi connectivity index (χ1) is 16.2. The smallest absolute Gasteiger partial charge is 0.308 e. The second kappa shape index (κ2) is 10.9. The van der Waals surface area contributed by atoms with Crippen LogP contribution in [-0.4, -0.2) is 42.5 Å². The molecule has 1 unspecified atom stereocenters. The summed E-state index contributed by atoms with van der Waals surface area (Å²) in [6.07, 6.45) is -1.88. The fraction of sp³-hybridized carbons (Fsp3) is 0.308. The second-order valence-corrected chi connectivity index (χ2v) is 10.4. The quantitative estimate of drug-likeness (QED) is 0.278. The number of ether oxygens (including phenoxy) is 1. The van der Waals surface area contributed by atoms with Gasteiger partial charge in [0.05, 0.1) is 42.6 Å². The number of nitrogens with zero attached hydrogens (tertiary/aromatic N) is 1. The molecule has 0 amide bonds. The van der Waals surface area contributed by atoms with E-state index in [1.54, 1.807) is 12.1 Å². The molecular formula is C26H27FNO5P. The van der Waals surface area contributed by atoms with E-state index in [0.29, 0.717) is 16.8 Å². The lowest BCUT2D eigenvalue weighted by Crippen LogP contribution is -2.18. The van der Waals surface area contributed by atoms with Crippen molar-refractivity contribution in [1.29, 1.82) is 0 Å². The van der Waals surface area contributed by atoms with Crippen LogP contribution in [-0.2, 0) is 18.6 Å². The zero-order valence-electron chi connectivity index (χ0n) is 19.5. The van der Waals surface area contributed by atoms with Crippen molar-refractivity contribution in [3.8, 4) is 22.8 Å². The van der Waals surface area contributed by atoms with Crippen LogP contribution >= 0.6 is 7.37 Å². The zero-order chi connectivity index (χ0) is 24.9. The lowest BCUT2D eigenvalue weighted by molar-refractivity contribution is -0.142. The van der Waals surface area contributed by atoms with Crippen LogP contribution in [0.2, 0.25) is 0 Å². The third kappa shape index (κ3) is 5.90. The first-order valence-corrected chi connectivity index (χ1v) is 12.6. The molecule has 0 aliphatic rings. The maximum atomic E-state index is 13.6. The van der Waals surface area contributed by atoms with Crippen LogP contribution in [0, 0.1) is 17.4 Å². The van der Waals surface area contributed by atoms with Crippen molar-refractivity contribution in [3.63, 3.8) is 0 Å². The summed E-state index contributed by atoms with van der Waals surface area (Å²) >= 11 is 0. The Morgan fingerprint density at radius 2 is 1.82 bits per heavy atom. The molecule has 3 aromatic rings. The third-order valence-corrected chi connectivity index (χ3v) is 7.30. The summed E-state index contributed by atoms with van der Waals surface area (Å²) in [5.41, 5.74) is 6.15. The minimum absolute atomic E-state index is 0.0447. The summed E-state index contributed by atoms with van der Waals surface area (Å²) in [4.78, 5) is 16.3. The molecule has 6 nitrogen and oxygen atoms in total. The van der Waals surface area contributed by atoms with Gasteiger partial charge in [-0.25, -0.2) is 9.37 Å². The molecule has 0 aliphatic heterocycles. The average molecular weight is 483 g/mol. The van der Waals surface area contributed by atoms with E-state index in [1.807, 2.05) is 38.1 Å². The number of halogens is 1. The predicted octanol–water partition coefficient (Wildman–Crippen LogP) is 5.32. The maximum absolute atomic E-state index is 13.6. The third-order valence-electron chi connectivity index (χ3n) is 5.35. The number of pyridine rings is 1. The first-order valence-electron chi connectivity index (χ1n) is 10.8. The van der Waals surface area contributed by atoms with Crippen LogP contribution in [0.15, 0.2) is 48.5 Å². The van der Waals surface area contributed by atoms with Gasteiger partial charge in [-0.15, -0.1) is 0 Å². The van der Waals surface area contributed by atoms with Crippen molar-refractivity contribution in [2.24, 2.45) is 0 Å². The van der Waals surface area contributed by atoms with E-state index < -0.39 is 19.4 Å². The lowest BCUT2D eigenvalue weighted by Gasteiger charge is -2.17. The average Bonchev–Trinajstić information content (AvgIpc) is 2.82. The highest BCUT2D eigenvalue weighted by atomic mass is 31.2. The molecule has 1 N–H and O–H groups in total. The molecule has 0 fully saturated rings. The van der Waals surface area contributed by atoms with Gasteiger partial charge in [-0.05, 0) is 47.5 Å². The van der Waals surface area contributed by atoms with Gasteiger partial charge in [0.2, 0.25) is 0 Å². The summed E-state index contributed by atoms with van der Waals surface area (Å²) in [7, 11) is -1.16. The van der Waals surface area contributed by atoms with Gasteiger partial charge in [0.25, 0.3) is 7.37 Å². The van der Waals surface area contributed by atoms with Gasteiger partial charge in [0, 0.05) is 18.1 Å². The number of aliphatic hydroxyl groups excluding tert-OH is 1.